The van der Waals surface area contributed by atoms with E-state index in [0.29, 0.717) is 18.0 Å². The Morgan fingerprint density at radius 1 is 0.895 bits per heavy atom. The lowest BCUT2D eigenvalue weighted by Crippen LogP contribution is -2.27. The highest BCUT2D eigenvalue weighted by Crippen LogP contribution is 2.24. The summed E-state index contributed by atoms with van der Waals surface area (Å²) in [6.07, 6.45) is 5.81. The molecule has 0 saturated carbocycles. The highest BCUT2D eigenvalue weighted by molar-refractivity contribution is 5.97. The second-order valence-corrected chi connectivity index (χ2v) is 9.91. The van der Waals surface area contributed by atoms with Crippen LogP contribution in [0.5, 0.6) is 0 Å². The number of amides is 1. The predicted octanol–water partition coefficient (Wildman–Crippen LogP) is 7.29. The minimum atomic E-state index is -0.505. The van der Waals surface area contributed by atoms with E-state index in [1.54, 1.807) is 0 Å². The highest BCUT2D eigenvalue weighted by Gasteiger charge is 2.17. The van der Waals surface area contributed by atoms with Crippen molar-refractivity contribution in [1.82, 2.24) is 14.9 Å². The van der Waals surface area contributed by atoms with Gasteiger partial charge < -0.3 is 9.88 Å². The van der Waals surface area contributed by atoms with E-state index in [2.05, 4.69) is 90.3 Å². The first-order chi connectivity index (χ1) is 18.4. The molecule has 1 heterocycles. The van der Waals surface area contributed by atoms with Gasteiger partial charge >= 0.3 is 0 Å². The predicted molar refractivity (Wildman–Crippen MR) is 155 cm³/mol. The minimum absolute atomic E-state index is 0.214. The average Bonchev–Trinajstić information content (AvgIpc) is 3.26. The van der Waals surface area contributed by atoms with Crippen molar-refractivity contribution in [2.24, 2.45) is 0 Å². The SMILES string of the molecule is C#C[C@H](NC(=O)c1ccc2c(c1)nc(C)n2Cc1ccc(-c2ccccc2)cc1)c1cccc(C(C)C)c1. The normalized spacial score (nSPS) is 11.9. The highest BCUT2D eigenvalue weighted by atomic mass is 16.1. The number of benzene rings is 4. The van der Waals surface area contributed by atoms with Crippen LogP contribution in [0.2, 0.25) is 0 Å². The molecule has 0 radical (unpaired) electrons. The largest absolute Gasteiger partial charge is 0.334 e. The number of rotatable bonds is 7. The lowest BCUT2D eigenvalue weighted by Gasteiger charge is -2.16. The fourth-order valence-corrected chi connectivity index (χ4v) is 4.74. The lowest BCUT2D eigenvalue weighted by molar-refractivity contribution is 0.0945. The van der Waals surface area contributed by atoms with Crippen LogP contribution < -0.4 is 5.32 Å². The Labute approximate surface area is 224 Å². The Balaban J connectivity index is 1.34. The smallest absolute Gasteiger partial charge is 0.252 e. The summed E-state index contributed by atoms with van der Waals surface area (Å²) < 4.78 is 2.18. The summed E-state index contributed by atoms with van der Waals surface area (Å²) in [7, 11) is 0. The topological polar surface area (TPSA) is 46.9 Å². The molecule has 4 aromatic carbocycles. The number of imidazole rings is 1. The van der Waals surface area contributed by atoms with Gasteiger partial charge in [0.25, 0.3) is 5.91 Å². The first kappa shape index (κ1) is 25.0. The molecular weight excluding hydrogens is 466 g/mol. The van der Waals surface area contributed by atoms with Gasteiger partial charge in [0.05, 0.1) is 11.0 Å². The standard InChI is InChI=1S/C34H31N3O/c1-5-31(29-13-9-12-28(20-29)23(2)3)36-34(38)30-18-19-33-32(21-30)35-24(4)37(33)22-25-14-16-27(17-15-25)26-10-7-6-8-11-26/h1,6-21,23,31H,22H2,2-4H3,(H,36,38)/t31-/m0/s1. The van der Waals surface area contributed by atoms with Gasteiger partial charge in [0.2, 0.25) is 0 Å². The second kappa shape index (κ2) is 10.8. The summed E-state index contributed by atoms with van der Waals surface area (Å²) in [4.78, 5) is 17.9. The van der Waals surface area contributed by atoms with Crippen LogP contribution in [0.1, 0.15) is 58.7 Å². The number of terminal acetylenes is 1. The average molecular weight is 498 g/mol. The Kier molecular flexibility index (Phi) is 7.11. The zero-order chi connectivity index (χ0) is 26.6. The van der Waals surface area contributed by atoms with Crippen LogP contribution in [0.25, 0.3) is 22.2 Å². The maximum absolute atomic E-state index is 13.1. The third kappa shape index (κ3) is 5.23. The zero-order valence-corrected chi connectivity index (χ0v) is 22.0. The summed E-state index contributed by atoms with van der Waals surface area (Å²) in [5.74, 6) is 3.79. The minimum Gasteiger partial charge on any atom is -0.334 e. The van der Waals surface area contributed by atoms with E-state index in [-0.39, 0.29) is 5.91 Å². The monoisotopic (exact) mass is 497 g/mol. The van der Waals surface area contributed by atoms with Crippen LogP contribution in [-0.4, -0.2) is 15.5 Å². The molecule has 0 aliphatic rings. The quantitative estimate of drug-likeness (QED) is 0.240. The van der Waals surface area contributed by atoms with Crippen molar-refractivity contribution in [2.75, 3.05) is 0 Å². The number of nitrogens with one attached hydrogen (secondary N) is 1. The third-order valence-corrected chi connectivity index (χ3v) is 6.96. The van der Waals surface area contributed by atoms with Gasteiger partial charge in [0.15, 0.2) is 0 Å². The molecule has 0 unspecified atom stereocenters. The molecule has 0 saturated heterocycles. The summed E-state index contributed by atoms with van der Waals surface area (Å²) >= 11 is 0. The molecule has 1 atom stereocenters. The van der Waals surface area contributed by atoms with Crippen molar-refractivity contribution in [3.63, 3.8) is 0 Å². The molecule has 1 N–H and O–H groups in total. The first-order valence-corrected chi connectivity index (χ1v) is 12.9. The van der Waals surface area contributed by atoms with Crippen LogP contribution in [0.15, 0.2) is 97.1 Å². The number of aryl methyl sites for hydroxylation is 1. The molecule has 5 aromatic rings. The number of aromatic nitrogens is 2. The van der Waals surface area contributed by atoms with Crippen LogP contribution >= 0.6 is 0 Å². The van der Waals surface area contributed by atoms with E-state index in [4.69, 9.17) is 11.4 Å². The molecule has 0 fully saturated rings. The van der Waals surface area contributed by atoms with Crippen molar-refractivity contribution in [2.45, 2.75) is 39.3 Å². The number of carbonyl (C=O) groups excluding carboxylic acids is 1. The molecule has 4 heteroatoms. The van der Waals surface area contributed by atoms with Gasteiger partial charge in [0, 0.05) is 12.1 Å². The van der Waals surface area contributed by atoms with Crippen LogP contribution in [0, 0.1) is 19.3 Å². The summed E-state index contributed by atoms with van der Waals surface area (Å²) in [6.45, 7) is 6.97. The van der Waals surface area contributed by atoms with Crippen LogP contribution in [-0.2, 0) is 6.54 Å². The van der Waals surface area contributed by atoms with Crippen molar-refractivity contribution in [1.29, 1.82) is 0 Å². The molecule has 0 aliphatic heterocycles. The van der Waals surface area contributed by atoms with E-state index in [1.165, 1.54) is 22.3 Å². The second-order valence-electron chi connectivity index (χ2n) is 9.91. The molecule has 0 aliphatic carbocycles. The van der Waals surface area contributed by atoms with Gasteiger partial charge in [-0.05, 0) is 58.9 Å². The molecular formula is C34H31N3O. The molecule has 1 aromatic heterocycles. The zero-order valence-electron chi connectivity index (χ0n) is 22.0. The van der Waals surface area contributed by atoms with Gasteiger partial charge in [-0.25, -0.2) is 4.98 Å². The van der Waals surface area contributed by atoms with Crippen LogP contribution in [0.4, 0.5) is 0 Å². The van der Waals surface area contributed by atoms with E-state index in [0.717, 1.165) is 22.4 Å². The molecule has 5 rings (SSSR count). The van der Waals surface area contributed by atoms with Gasteiger partial charge in [-0.1, -0.05) is 98.6 Å². The fraction of sp³-hybridized carbons (Fsp3) is 0.176. The first-order valence-electron chi connectivity index (χ1n) is 12.9. The Morgan fingerprint density at radius 2 is 1.61 bits per heavy atom. The number of nitrogens with zero attached hydrogens (tertiary/aromatic N) is 2. The van der Waals surface area contributed by atoms with Crippen molar-refractivity contribution < 1.29 is 4.79 Å². The number of carbonyl (C=O) groups is 1. The molecule has 188 valence electrons. The van der Waals surface area contributed by atoms with Gasteiger partial charge in [-0.2, -0.15) is 0 Å². The van der Waals surface area contributed by atoms with Gasteiger partial charge in [-0.15, -0.1) is 6.42 Å². The maximum atomic E-state index is 13.1. The summed E-state index contributed by atoms with van der Waals surface area (Å²) in [5.41, 5.74) is 8.00. The molecule has 0 spiro atoms. The Bertz CT molecular complexity index is 1620. The third-order valence-electron chi connectivity index (χ3n) is 6.96. The van der Waals surface area contributed by atoms with Crippen LogP contribution in [0.3, 0.4) is 0 Å². The molecule has 4 nitrogen and oxygen atoms in total. The summed E-state index contributed by atoms with van der Waals surface area (Å²) in [5, 5.41) is 3.00. The maximum Gasteiger partial charge on any atom is 0.252 e. The molecule has 0 bridgehead atoms. The Hall–Kier alpha value is -4.62. The lowest BCUT2D eigenvalue weighted by atomic mass is 9.98. The molecule has 38 heavy (non-hydrogen) atoms. The van der Waals surface area contributed by atoms with Gasteiger partial charge in [-0.3, -0.25) is 4.79 Å². The summed E-state index contributed by atoms with van der Waals surface area (Å²) in [6, 6.07) is 32.2. The Morgan fingerprint density at radius 3 is 2.32 bits per heavy atom. The van der Waals surface area contributed by atoms with Crippen molar-refractivity contribution in [3.8, 4) is 23.5 Å². The van der Waals surface area contributed by atoms with E-state index in [9.17, 15) is 4.79 Å². The van der Waals surface area contributed by atoms with E-state index < -0.39 is 6.04 Å². The van der Waals surface area contributed by atoms with Crippen molar-refractivity contribution >= 4 is 16.9 Å². The fourth-order valence-electron chi connectivity index (χ4n) is 4.74. The van der Waals surface area contributed by atoms with Gasteiger partial charge in [0.1, 0.15) is 11.9 Å². The van der Waals surface area contributed by atoms with E-state index >= 15 is 0 Å². The van der Waals surface area contributed by atoms with Crippen molar-refractivity contribution in [3.05, 3.63) is 125 Å². The number of hydrogen-bond donors (Lipinski definition) is 1. The van der Waals surface area contributed by atoms with E-state index in [1.807, 2.05) is 43.3 Å². The number of hydrogen-bond acceptors (Lipinski definition) is 2. The number of fused-ring (bicyclic) bond motifs is 1. The molecule has 1 amide bonds.